The first-order chi connectivity index (χ1) is 13.1. The van der Waals surface area contributed by atoms with Crippen LogP contribution in [0.4, 0.5) is 11.5 Å². The van der Waals surface area contributed by atoms with Crippen LogP contribution in [0.25, 0.3) is 10.9 Å². The molecule has 4 rings (SSSR count). The molecule has 1 aromatic carbocycles. The van der Waals surface area contributed by atoms with E-state index in [2.05, 4.69) is 10.3 Å². The molecular weight excluding hydrogens is 364 g/mol. The summed E-state index contributed by atoms with van der Waals surface area (Å²) in [5, 5.41) is 13.2. The van der Waals surface area contributed by atoms with Crippen LogP contribution in [0.5, 0.6) is 0 Å². The zero-order valence-corrected chi connectivity index (χ0v) is 15.5. The van der Waals surface area contributed by atoms with Gasteiger partial charge in [-0.1, -0.05) is 18.2 Å². The van der Waals surface area contributed by atoms with Crippen LogP contribution in [-0.2, 0) is 16.4 Å². The first-order valence-corrected chi connectivity index (χ1v) is 10.4. The summed E-state index contributed by atoms with van der Waals surface area (Å²) in [6.07, 6.45) is 3.41. The number of fused-ring (bicyclic) bond motifs is 2. The summed E-state index contributed by atoms with van der Waals surface area (Å²) >= 11 is 0. The Bertz CT molecular complexity index is 1090. The number of aliphatic hydroxyl groups is 1. The SMILES string of the molecule is O=S1(=O)CCN(c2cc(NCCO)c3cnccc3n2)Cc2ccccc21. The smallest absolute Gasteiger partial charge is 0.180 e. The van der Waals surface area contributed by atoms with Crippen molar-refractivity contribution in [2.75, 3.05) is 35.7 Å². The Hall–Kier alpha value is -2.71. The van der Waals surface area contributed by atoms with Crippen molar-refractivity contribution >= 4 is 32.2 Å². The minimum Gasteiger partial charge on any atom is -0.395 e. The summed E-state index contributed by atoms with van der Waals surface area (Å²) in [6, 6.07) is 10.8. The van der Waals surface area contributed by atoms with E-state index in [1.54, 1.807) is 24.5 Å². The van der Waals surface area contributed by atoms with Crippen LogP contribution in [0.15, 0.2) is 53.7 Å². The first kappa shape index (κ1) is 17.7. The lowest BCUT2D eigenvalue weighted by Gasteiger charge is -2.23. The number of anilines is 2. The summed E-state index contributed by atoms with van der Waals surface area (Å²) in [4.78, 5) is 11.2. The Labute approximate surface area is 157 Å². The third-order valence-electron chi connectivity index (χ3n) is 4.65. The summed E-state index contributed by atoms with van der Waals surface area (Å²) in [5.41, 5.74) is 2.36. The third kappa shape index (κ3) is 3.45. The van der Waals surface area contributed by atoms with Gasteiger partial charge in [0, 0.05) is 49.2 Å². The van der Waals surface area contributed by atoms with Gasteiger partial charge in [0.25, 0.3) is 0 Å². The average Bonchev–Trinajstić information content (AvgIpc) is 2.82. The Balaban J connectivity index is 1.78. The maximum atomic E-state index is 12.6. The second-order valence-electron chi connectivity index (χ2n) is 6.42. The molecule has 0 unspecified atom stereocenters. The maximum Gasteiger partial charge on any atom is 0.180 e. The largest absolute Gasteiger partial charge is 0.395 e. The summed E-state index contributed by atoms with van der Waals surface area (Å²) < 4.78 is 25.2. The molecule has 1 aliphatic rings. The van der Waals surface area contributed by atoms with Crippen molar-refractivity contribution in [1.82, 2.24) is 9.97 Å². The first-order valence-electron chi connectivity index (χ1n) is 8.73. The van der Waals surface area contributed by atoms with Gasteiger partial charge in [-0.25, -0.2) is 13.4 Å². The molecule has 0 saturated heterocycles. The van der Waals surface area contributed by atoms with Gasteiger partial charge < -0.3 is 15.3 Å². The molecule has 8 heteroatoms. The highest BCUT2D eigenvalue weighted by atomic mass is 32.2. The number of nitrogens with zero attached hydrogens (tertiary/aromatic N) is 3. The molecule has 1 aliphatic heterocycles. The van der Waals surface area contributed by atoms with E-state index in [4.69, 9.17) is 10.1 Å². The van der Waals surface area contributed by atoms with Gasteiger partial charge in [-0.15, -0.1) is 0 Å². The predicted octanol–water partition coefficient (Wildman–Crippen LogP) is 1.83. The number of hydrogen-bond donors (Lipinski definition) is 2. The highest BCUT2D eigenvalue weighted by Gasteiger charge is 2.26. The van der Waals surface area contributed by atoms with Gasteiger partial charge in [0.2, 0.25) is 0 Å². The van der Waals surface area contributed by atoms with Crippen molar-refractivity contribution in [2.24, 2.45) is 0 Å². The molecular formula is C19H20N4O3S. The van der Waals surface area contributed by atoms with Gasteiger partial charge in [0.05, 0.1) is 22.8 Å². The number of nitrogens with one attached hydrogen (secondary N) is 1. The lowest BCUT2D eigenvalue weighted by molar-refractivity contribution is 0.311. The normalized spacial score (nSPS) is 16.0. The van der Waals surface area contributed by atoms with Gasteiger partial charge in [-0.2, -0.15) is 0 Å². The Kier molecular flexibility index (Phi) is 4.67. The number of aromatic nitrogens is 2. The quantitative estimate of drug-likeness (QED) is 0.708. The Morgan fingerprint density at radius 2 is 2.07 bits per heavy atom. The van der Waals surface area contributed by atoms with Crippen LogP contribution >= 0.6 is 0 Å². The van der Waals surface area contributed by atoms with E-state index in [0.717, 1.165) is 22.2 Å². The lowest BCUT2D eigenvalue weighted by atomic mass is 10.2. The van der Waals surface area contributed by atoms with Crippen LogP contribution < -0.4 is 10.2 Å². The fourth-order valence-corrected chi connectivity index (χ4v) is 4.81. The zero-order chi connectivity index (χ0) is 18.9. The molecule has 3 aromatic rings. The van der Waals surface area contributed by atoms with Crippen LogP contribution in [0.2, 0.25) is 0 Å². The van der Waals surface area contributed by atoms with Crippen molar-refractivity contribution in [3.05, 3.63) is 54.4 Å². The Morgan fingerprint density at radius 1 is 1.22 bits per heavy atom. The second-order valence-corrected chi connectivity index (χ2v) is 8.50. The van der Waals surface area contributed by atoms with E-state index >= 15 is 0 Å². The van der Waals surface area contributed by atoms with E-state index in [1.807, 2.05) is 29.2 Å². The molecule has 0 amide bonds. The summed E-state index contributed by atoms with van der Waals surface area (Å²) in [5.74, 6) is 0.737. The lowest BCUT2D eigenvalue weighted by Crippen LogP contribution is -2.26. The molecule has 7 nitrogen and oxygen atoms in total. The number of sulfone groups is 1. The topological polar surface area (TPSA) is 95.4 Å². The molecule has 2 aromatic heterocycles. The third-order valence-corrected chi connectivity index (χ3v) is 6.44. The van der Waals surface area contributed by atoms with Crippen LogP contribution in [0.1, 0.15) is 5.56 Å². The molecule has 0 aliphatic carbocycles. The van der Waals surface area contributed by atoms with E-state index in [0.29, 0.717) is 30.3 Å². The molecule has 0 atom stereocenters. The number of aliphatic hydroxyl groups excluding tert-OH is 1. The molecule has 3 heterocycles. The average molecular weight is 384 g/mol. The molecule has 0 spiro atoms. The fourth-order valence-electron chi connectivity index (χ4n) is 3.31. The highest BCUT2D eigenvalue weighted by molar-refractivity contribution is 7.91. The minimum atomic E-state index is -3.31. The minimum absolute atomic E-state index is 0.00868. The van der Waals surface area contributed by atoms with E-state index in [9.17, 15) is 8.42 Å². The fraction of sp³-hybridized carbons (Fsp3) is 0.263. The van der Waals surface area contributed by atoms with Crippen molar-refractivity contribution in [1.29, 1.82) is 0 Å². The molecule has 0 saturated carbocycles. The zero-order valence-electron chi connectivity index (χ0n) is 14.7. The van der Waals surface area contributed by atoms with E-state index < -0.39 is 9.84 Å². The van der Waals surface area contributed by atoms with Gasteiger partial charge in [-0.3, -0.25) is 4.98 Å². The summed E-state index contributed by atoms with van der Waals surface area (Å²) in [7, 11) is -3.31. The Morgan fingerprint density at radius 3 is 2.93 bits per heavy atom. The van der Waals surface area contributed by atoms with Crippen LogP contribution in [-0.4, -0.2) is 48.9 Å². The van der Waals surface area contributed by atoms with Gasteiger partial charge in [0.1, 0.15) is 5.82 Å². The molecule has 0 radical (unpaired) electrons. The van der Waals surface area contributed by atoms with Crippen molar-refractivity contribution < 1.29 is 13.5 Å². The van der Waals surface area contributed by atoms with E-state index in [1.165, 1.54) is 0 Å². The van der Waals surface area contributed by atoms with Gasteiger partial charge in [0.15, 0.2) is 9.84 Å². The van der Waals surface area contributed by atoms with Crippen LogP contribution in [0, 0.1) is 0 Å². The number of benzene rings is 1. The second kappa shape index (κ2) is 7.13. The van der Waals surface area contributed by atoms with Crippen LogP contribution in [0.3, 0.4) is 0 Å². The summed E-state index contributed by atoms with van der Waals surface area (Å²) in [6.45, 7) is 1.25. The number of pyridine rings is 2. The maximum absolute atomic E-state index is 12.6. The molecule has 0 bridgehead atoms. The monoisotopic (exact) mass is 384 g/mol. The van der Waals surface area contributed by atoms with E-state index in [-0.39, 0.29) is 12.4 Å². The number of rotatable bonds is 4. The molecule has 27 heavy (non-hydrogen) atoms. The van der Waals surface area contributed by atoms with Crippen molar-refractivity contribution in [3.8, 4) is 0 Å². The number of hydrogen-bond acceptors (Lipinski definition) is 7. The molecule has 140 valence electrons. The highest BCUT2D eigenvalue weighted by Crippen LogP contribution is 2.30. The van der Waals surface area contributed by atoms with Gasteiger partial charge in [-0.05, 0) is 17.7 Å². The molecule has 0 fully saturated rings. The van der Waals surface area contributed by atoms with Gasteiger partial charge >= 0.3 is 0 Å². The van der Waals surface area contributed by atoms with Crippen molar-refractivity contribution in [3.63, 3.8) is 0 Å². The predicted molar refractivity (Wildman–Crippen MR) is 105 cm³/mol. The molecule has 2 N–H and O–H groups in total. The van der Waals surface area contributed by atoms with Crippen molar-refractivity contribution in [2.45, 2.75) is 11.4 Å². The standard InChI is InChI=1S/C19H20N4O3S/c24-9-7-21-17-11-19(22-16-5-6-20-12-15(16)17)23-8-10-27(25,26)18-4-2-1-3-14(18)13-23/h1-6,11-12,24H,7-10,13H2,(H,21,22).